The smallest absolute Gasteiger partial charge is 0.0616 e. The maximum atomic E-state index is 5.64. The van der Waals surface area contributed by atoms with Gasteiger partial charge in [0.15, 0.2) is 0 Å². The summed E-state index contributed by atoms with van der Waals surface area (Å²) in [6.45, 7) is 1.72. The number of hydrogen-bond donors (Lipinski definition) is 2. The first kappa shape index (κ1) is 14.0. The van der Waals surface area contributed by atoms with Gasteiger partial charge in [0.2, 0.25) is 0 Å². The minimum atomic E-state index is 0. The van der Waals surface area contributed by atoms with Gasteiger partial charge < -0.3 is 15.8 Å². The first-order valence-electron chi connectivity index (χ1n) is 3.31. The van der Waals surface area contributed by atoms with E-state index in [1.807, 2.05) is 0 Å². The van der Waals surface area contributed by atoms with Crippen LogP contribution in [0.2, 0.25) is 0 Å². The number of rotatable bonds is 2. The molecule has 0 unspecified atom stereocenters. The number of nitrogens with two attached hydrogens (primary N) is 1. The maximum Gasteiger partial charge on any atom is 0.0616 e. The summed E-state index contributed by atoms with van der Waals surface area (Å²) in [6.07, 6.45) is 1.05. The molecule has 70 valence electrons. The molecule has 1 fully saturated rings. The van der Waals surface area contributed by atoms with Crippen molar-refractivity contribution in [2.75, 3.05) is 20.3 Å². The van der Waals surface area contributed by atoms with Gasteiger partial charge in [-0.05, 0) is 6.42 Å². The number of methoxy groups -OCH3 is 1. The van der Waals surface area contributed by atoms with Gasteiger partial charge >= 0.3 is 0 Å². The fourth-order valence-corrected chi connectivity index (χ4v) is 1.18. The van der Waals surface area contributed by atoms with E-state index in [0.717, 1.165) is 19.6 Å². The third kappa shape index (κ3) is 4.82. The van der Waals surface area contributed by atoms with Crippen LogP contribution in [0.15, 0.2) is 0 Å². The molecule has 0 amide bonds. The Balaban J connectivity index is 0. The highest BCUT2D eigenvalue weighted by atomic mass is 35.5. The van der Waals surface area contributed by atoms with Gasteiger partial charge in [-0.15, -0.1) is 24.8 Å². The Kier molecular flexibility index (Phi) is 9.08. The molecular formula is C6H16Cl2N2O. The van der Waals surface area contributed by atoms with Gasteiger partial charge in [-0.1, -0.05) is 0 Å². The minimum absolute atomic E-state index is 0. The lowest BCUT2D eigenvalue weighted by atomic mass is 10.2. The molecule has 2 atom stereocenters. The van der Waals surface area contributed by atoms with Crippen LogP contribution in [0.1, 0.15) is 6.42 Å². The normalized spacial score (nSPS) is 28.9. The SMILES string of the molecule is COC[C@H]1C[C@H](N)CN1.Cl.Cl. The highest BCUT2D eigenvalue weighted by Crippen LogP contribution is 2.03. The van der Waals surface area contributed by atoms with Crippen LogP contribution in [0.25, 0.3) is 0 Å². The van der Waals surface area contributed by atoms with E-state index in [1.165, 1.54) is 0 Å². The van der Waals surface area contributed by atoms with Gasteiger partial charge in [-0.25, -0.2) is 0 Å². The van der Waals surface area contributed by atoms with E-state index >= 15 is 0 Å². The molecule has 0 aromatic rings. The van der Waals surface area contributed by atoms with Crippen molar-refractivity contribution in [1.82, 2.24) is 5.32 Å². The fraction of sp³-hybridized carbons (Fsp3) is 1.00. The van der Waals surface area contributed by atoms with E-state index in [2.05, 4.69) is 5.32 Å². The van der Waals surface area contributed by atoms with E-state index in [9.17, 15) is 0 Å². The predicted molar refractivity (Wildman–Crippen MR) is 50.8 cm³/mol. The molecule has 1 aliphatic heterocycles. The molecule has 0 aromatic carbocycles. The Hall–Kier alpha value is 0.460. The summed E-state index contributed by atoms with van der Waals surface area (Å²) in [5.41, 5.74) is 5.64. The van der Waals surface area contributed by atoms with Crippen molar-refractivity contribution >= 4 is 24.8 Å². The Morgan fingerprint density at radius 2 is 2.18 bits per heavy atom. The highest BCUT2D eigenvalue weighted by molar-refractivity contribution is 5.85. The van der Waals surface area contributed by atoms with Gasteiger partial charge in [0.1, 0.15) is 0 Å². The molecule has 0 radical (unpaired) electrons. The largest absolute Gasteiger partial charge is 0.383 e. The lowest BCUT2D eigenvalue weighted by molar-refractivity contribution is 0.173. The van der Waals surface area contributed by atoms with E-state index < -0.39 is 0 Å². The Labute approximate surface area is 79.9 Å². The topological polar surface area (TPSA) is 47.3 Å². The number of halogens is 2. The van der Waals surface area contributed by atoms with Crippen molar-refractivity contribution in [1.29, 1.82) is 0 Å². The van der Waals surface area contributed by atoms with Crippen LogP contribution in [0.3, 0.4) is 0 Å². The van der Waals surface area contributed by atoms with Crippen molar-refractivity contribution in [2.24, 2.45) is 5.73 Å². The van der Waals surface area contributed by atoms with Crippen molar-refractivity contribution in [3.63, 3.8) is 0 Å². The van der Waals surface area contributed by atoms with Gasteiger partial charge in [0.05, 0.1) is 6.61 Å². The van der Waals surface area contributed by atoms with Crippen LogP contribution in [0, 0.1) is 0 Å². The zero-order chi connectivity index (χ0) is 6.69. The van der Waals surface area contributed by atoms with E-state index in [-0.39, 0.29) is 24.8 Å². The fourth-order valence-electron chi connectivity index (χ4n) is 1.18. The van der Waals surface area contributed by atoms with Crippen molar-refractivity contribution in [3.8, 4) is 0 Å². The zero-order valence-corrected chi connectivity index (χ0v) is 8.21. The third-order valence-corrected chi connectivity index (χ3v) is 1.62. The van der Waals surface area contributed by atoms with Crippen molar-refractivity contribution in [2.45, 2.75) is 18.5 Å². The van der Waals surface area contributed by atoms with Gasteiger partial charge in [-0.3, -0.25) is 0 Å². The monoisotopic (exact) mass is 202 g/mol. The second-order valence-electron chi connectivity index (χ2n) is 2.56. The Bertz CT molecular complexity index is 92.7. The number of hydrogen-bond acceptors (Lipinski definition) is 3. The maximum absolute atomic E-state index is 5.64. The van der Waals surface area contributed by atoms with E-state index in [4.69, 9.17) is 10.5 Å². The van der Waals surface area contributed by atoms with Crippen LogP contribution in [-0.2, 0) is 4.74 Å². The number of nitrogens with one attached hydrogen (secondary N) is 1. The van der Waals surface area contributed by atoms with Crippen LogP contribution in [0.5, 0.6) is 0 Å². The molecule has 0 aromatic heterocycles. The molecule has 1 aliphatic rings. The predicted octanol–water partition coefficient (Wildman–Crippen LogP) is 0.166. The van der Waals surface area contributed by atoms with Crippen LogP contribution in [0.4, 0.5) is 0 Å². The summed E-state index contributed by atoms with van der Waals surface area (Å²) in [5, 5.41) is 3.26. The first-order valence-corrected chi connectivity index (χ1v) is 3.31. The highest BCUT2D eigenvalue weighted by Gasteiger charge is 2.19. The molecule has 0 aliphatic carbocycles. The molecule has 1 heterocycles. The minimum Gasteiger partial charge on any atom is -0.383 e. The molecule has 5 heteroatoms. The summed E-state index contributed by atoms with van der Waals surface area (Å²) in [4.78, 5) is 0. The van der Waals surface area contributed by atoms with E-state index in [0.29, 0.717) is 12.1 Å². The van der Waals surface area contributed by atoms with Gasteiger partial charge in [0, 0.05) is 25.7 Å². The molecule has 11 heavy (non-hydrogen) atoms. The molecule has 3 N–H and O–H groups in total. The standard InChI is InChI=1S/C6H14N2O.2ClH/c1-9-4-6-2-5(7)3-8-6;;/h5-6,8H,2-4,7H2,1H3;2*1H/t5-,6+;;/m0../s1. The van der Waals surface area contributed by atoms with Gasteiger partial charge in [-0.2, -0.15) is 0 Å². The van der Waals surface area contributed by atoms with Crippen LogP contribution >= 0.6 is 24.8 Å². The Morgan fingerprint density at radius 1 is 1.55 bits per heavy atom. The summed E-state index contributed by atoms with van der Waals surface area (Å²) in [6, 6.07) is 0.829. The van der Waals surface area contributed by atoms with Gasteiger partial charge in [0.25, 0.3) is 0 Å². The Morgan fingerprint density at radius 3 is 2.55 bits per heavy atom. The summed E-state index contributed by atoms with van der Waals surface area (Å²) in [7, 11) is 1.71. The molecule has 3 nitrogen and oxygen atoms in total. The molecule has 0 bridgehead atoms. The second kappa shape index (κ2) is 7.13. The zero-order valence-electron chi connectivity index (χ0n) is 6.58. The van der Waals surface area contributed by atoms with Crippen LogP contribution < -0.4 is 11.1 Å². The average molecular weight is 203 g/mol. The molecule has 1 rings (SSSR count). The van der Waals surface area contributed by atoms with Crippen molar-refractivity contribution in [3.05, 3.63) is 0 Å². The summed E-state index contributed by atoms with van der Waals surface area (Å²) >= 11 is 0. The third-order valence-electron chi connectivity index (χ3n) is 1.62. The molecule has 0 spiro atoms. The number of ether oxygens (including phenoxy) is 1. The lowest BCUT2D eigenvalue weighted by Gasteiger charge is -2.06. The van der Waals surface area contributed by atoms with Crippen LogP contribution in [-0.4, -0.2) is 32.3 Å². The quantitative estimate of drug-likeness (QED) is 0.672. The molecule has 0 saturated carbocycles. The molecule has 1 saturated heterocycles. The van der Waals surface area contributed by atoms with E-state index in [1.54, 1.807) is 7.11 Å². The second-order valence-corrected chi connectivity index (χ2v) is 2.56. The summed E-state index contributed by atoms with van der Waals surface area (Å²) in [5.74, 6) is 0. The summed E-state index contributed by atoms with van der Waals surface area (Å²) < 4.78 is 4.96. The average Bonchev–Trinajstić information content (AvgIpc) is 2.17. The van der Waals surface area contributed by atoms with Crippen molar-refractivity contribution < 1.29 is 4.74 Å². The lowest BCUT2D eigenvalue weighted by Crippen LogP contribution is -2.26. The molecular weight excluding hydrogens is 187 g/mol. The first-order chi connectivity index (χ1) is 4.33.